The van der Waals surface area contributed by atoms with Crippen LogP contribution in [-0.2, 0) is 18.0 Å². The van der Waals surface area contributed by atoms with Crippen LogP contribution in [-0.4, -0.2) is 13.0 Å². The van der Waals surface area contributed by atoms with E-state index in [9.17, 15) is 4.79 Å². The Balaban J connectivity index is 1.71. The fraction of sp³-hybridized carbons (Fsp3) is 0.136. The van der Waals surface area contributed by atoms with Crippen molar-refractivity contribution in [3.8, 4) is 5.75 Å². The van der Waals surface area contributed by atoms with Gasteiger partial charge in [-0.15, -0.1) is 0 Å². The maximum absolute atomic E-state index is 12.6. The van der Waals surface area contributed by atoms with Crippen LogP contribution in [0.15, 0.2) is 66.7 Å². The summed E-state index contributed by atoms with van der Waals surface area (Å²) in [7, 11) is 1.59. The summed E-state index contributed by atoms with van der Waals surface area (Å²) in [5.74, 6) is 0.390. The van der Waals surface area contributed by atoms with Gasteiger partial charge in [-0.1, -0.05) is 53.5 Å². The molecule has 0 saturated heterocycles. The van der Waals surface area contributed by atoms with Gasteiger partial charge in [-0.2, -0.15) is 0 Å². The molecule has 3 aromatic rings. The summed E-state index contributed by atoms with van der Waals surface area (Å²) in [6.07, 6.45) is 0. The van der Waals surface area contributed by atoms with Gasteiger partial charge in [-0.3, -0.25) is 4.79 Å². The van der Waals surface area contributed by atoms with Crippen molar-refractivity contribution in [2.45, 2.75) is 13.2 Å². The zero-order chi connectivity index (χ0) is 19.9. The molecule has 6 heteroatoms. The lowest BCUT2D eigenvalue weighted by Crippen LogP contribution is -2.12. The van der Waals surface area contributed by atoms with Crippen LogP contribution in [0.25, 0.3) is 0 Å². The molecule has 3 rings (SSSR count). The second kappa shape index (κ2) is 9.60. The minimum absolute atomic E-state index is 0.273. The first-order valence-corrected chi connectivity index (χ1v) is 9.37. The van der Waals surface area contributed by atoms with Crippen molar-refractivity contribution < 1.29 is 14.3 Å². The highest BCUT2D eigenvalue weighted by Crippen LogP contribution is 2.25. The summed E-state index contributed by atoms with van der Waals surface area (Å²) in [6, 6.07) is 20.0. The van der Waals surface area contributed by atoms with Gasteiger partial charge in [-0.05, 0) is 42.0 Å². The molecular formula is C22H19Cl2NO3. The van der Waals surface area contributed by atoms with E-state index in [0.29, 0.717) is 40.3 Å². The quantitative estimate of drug-likeness (QED) is 0.516. The summed E-state index contributed by atoms with van der Waals surface area (Å²) in [4.78, 5) is 12.6. The molecule has 4 nitrogen and oxygen atoms in total. The lowest BCUT2D eigenvalue weighted by atomic mass is 10.1. The second-order valence-electron chi connectivity index (χ2n) is 6.12. The van der Waals surface area contributed by atoms with Crippen LogP contribution in [0.1, 0.15) is 21.5 Å². The third-order valence-corrected chi connectivity index (χ3v) is 4.47. The molecule has 0 aliphatic carbocycles. The van der Waals surface area contributed by atoms with Crippen LogP contribution in [0.3, 0.4) is 0 Å². The van der Waals surface area contributed by atoms with Crippen LogP contribution < -0.4 is 10.1 Å². The number of hydrogen-bond donors (Lipinski definition) is 1. The van der Waals surface area contributed by atoms with E-state index in [1.54, 1.807) is 43.5 Å². The topological polar surface area (TPSA) is 47.6 Å². The van der Waals surface area contributed by atoms with Crippen LogP contribution in [0.5, 0.6) is 5.75 Å². The van der Waals surface area contributed by atoms with Crippen LogP contribution >= 0.6 is 23.2 Å². The summed E-state index contributed by atoms with van der Waals surface area (Å²) >= 11 is 12.0. The molecule has 0 spiro atoms. The van der Waals surface area contributed by atoms with Crippen LogP contribution in [0.2, 0.25) is 10.0 Å². The van der Waals surface area contributed by atoms with Crippen molar-refractivity contribution in [3.05, 3.63) is 93.5 Å². The second-order valence-corrected chi connectivity index (χ2v) is 6.99. The number of ether oxygens (including phenoxy) is 2. The van der Waals surface area contributed by atoms with E-state index in [4.69, 9.17) is 32.7 Å². The molecule has 0 radical (unpaired) electrons. The van der Waals surface area contributed by atoms with Crippen molar-refractivity contribution in [2.24, 2.45) is 0 Å². The average Bonchev–Trinajstić information content (AvgIpc) is 2.68. The Labute approximate surface area is 174 Å². The first kappa shape index (κ1) is 20.2. The largest absolute Gasteiger partial charge is 0.496 e. The number of rotatable bonds is 7. The molecule has 3 aromatic carbocycles. The molecule has 0 unspecified atom stereocenters. The Bertz CT molecular complexity index is 941. The van der Waals surface area contributed by atoms with Gasteiger partial charge in [0.25, 0.3) is 5.91 Å². The number of hydrogen-bond acceptors (Lipinski definition) is 3. The predicted molar refractivity (Wildman–Crippen MR) is 112 cm³/mol. The Hall–Kier alpha value is -2.53. The summed E-state index contributed by atoms with van der Waals surface area (Å²) in [5, 5.41) is 3.70. The van der Waals surface area contributed by atoms with Gasteiger partial charge in [-0.25, -0.2) is 0 Å². The molecule has 28 heavy (non-hydrogen) atoms. The van der Waals surface area contributed by atoms with Crippen LogP contribution in [0.4, 0.5) is 5.69 Å². The molecule has 1 amide bonds. The van der Waals surface area contributed by atoms with Gasteiger partial charge in [0, 0.05) is 26.9 Å². The lowest BCUT2D eigenvalue weighted by molar-refractivity contribution is 0.102. The lowest BCUT2D eigenvalue weighted by Gasteiger charge is -2.12. The molecular weight excluding hydrogens is 397 g/mol. The van der Waals surface area contributed by atoms with Gasteiger partial charge in [0.1, 0.15) is 5.75 Å². The highest BCUT2D eigenvalue weighted by atomic mass is 35.5. The fourth-order valence-electron chi connectivity index (χ4n) is 2.71. The summed E-state index contributed by atoms with van der Waals surface area (Å²) in [5.41, 5.74) is 2.87. The average molecular weight is 416 g/mol. The third-order valence-electron chi connectivity index (χ3n) is 4.03. The Morgan fingerprint density at radius 2 is 1.64 bits per heavy atom. The molecule has 0 fully saturated rings. The van der Waals surface area contributed by atoms with E-state index in [0.717, 1.165) is 11.1 Å². The standard InChI is InChI=1S/C22H19Cl2NO3/c1-27-21-8-7-16(22(26)25-20-11-18(23)10-19(24)12-20)9-17(21)14-28-13-15-5-3-2-4-6-15/h2-12H,13-14H2,1H3,(H,25,26). The van der Waals surface area contributed by atoms with Crippen molar-refractivity contribution in [1.82, 2.24) is 0 Å². The Kier molecular flexibility index (Phi) is 6.93. The molecule has 144 valence electrons. The molecule has 0 saturated carbocycles. The minimum Gasteiger partial charge on any atom is -0.496 e. The highest BCUT2D eigenvalue weighted by molar-refractivity contribution is 6.35. The number of benzene rings is 3. The van der Waals surface area contributed by atoms with E-state index >= 15 is 0 Å². The smallest absolute Gasteiger partial charge is 0.255 e. The number of carbonyl (C=O) groups is 1. The monoisotopic (exact) mass is 415 g/mol. The van der Waals surface area contributed by atoms with Crippen molar-refractivity contribution in [2.75, 3.05) is 12.4 Å². The molecule has 0 bridgehead atoms. The van der Waals surface area contributed by atoms with Gasteiger partial charge in [0.2, 0.25) is 0 Å². The number of methoxy groups -OCH3 is 1. The fourth-order valence-corrected chi connectivity index (χ4v) is 3.24. The normalized spacial score (nSPS) is 10.5. The maximum Gasteiger partial charge on any atom is 0.255 e. The van der Waals surface area contributed by atoms with E-state index in [1.807, 2.05) is 30.3 Å². The van der Waals surface area contributed by atoms with Gasteiger partial charge >= 0.3 is 0 Å². The molecule has 0 aliphatic rings. The van der Waals surface area contributed by atoms with Gasteiger partial charge < -0.3 is 14.8 Å². The highest BCUT2D eigenvalue weighted by Gasteiger charge is 2.12. The number of halogens is 2. The first-order chi connectivity index (χ1) is 13.5. The van der Waals surface area contributed by atoms with E-state index in [-0.39, 0.29) is 5.91 Å². The predicted octanol–water partition coefficient (Wildman–Crippen LogP) is 5.97. The van der Waals surface area contributed by atoms with E-state index in [2.05, 4.69) is 5.32 Å². The molecule has 1 N–H and O–H groups in total. The van der Waals surface area contributed by atoms with Gasteiger partial charge in [0.15, 0.2) is 0 Å². The maximum atomic E-state index is 12.6. The zero-order valence-electron chi connectivity index (χ0n) is 15.2. The Morgan fingerprint density at radius 1 is 0.929 bits per heavy atom. The van der Waals surface area contributed by atoms with Crippen molar-refractivity contribution in [1.29, 1.82) is 0 Å². The number of anilines is 1. The molecule has 0 aromatic heterocycles. The molecule has 0 aliphatic heterocycles. The van der Waals surface area contributed by atoms with Crippen molar-refractivity contribution in [3.63, 3.8) is 0 Å². The van der Waals surface area contributed by atoms with E-state index < -0.39 is 0 Å². The molecule has 0 atom stereocenters. The molecule has 0 heterocycles. The number of carbonyl (C=O) groups excluding carboxylic acids is 1. The summed E-state index contributed by atoms with van der Waals surface area (Å²) in [6.45, 7) is 0.795. The number of nitrogens with one attached hydrogen (secondary N) is 1. The summed E-state index contributed by atoms with van der Waals surface area (Å²) < 4.78 is 11.2. The van der Waals surface area contributed by atoms with Gasteiger partial charge in [0.05, 0.1) is 20.3 Å². The SMILES string of the molecule is COc1ccc(C(=O)Nc2cc(Cl)cc(Cl)c2)cc1COCc1ccccc1. The van der Waals surface area contributed by atoms with Crippen molar-refractivity contribution >= 4 is 34.8 Å². The number of amides is 1. The first-order valence-electron chi connectivity index (χ1n) is 8.61. The Morgan fingerprint density at radius 3 is 2.32 bits per heavy atom. The van der Waals surface area contributed by atoms with E-state index in [1.165, 1.54) is 0 Å². The minimum atomic E-state index is -0.273. The van der Waals surface area contributed by atoms with Crippen LogP contribution in [0, 0.1) is 0 Å². The zero-order valence-corrected chi connectivity index (χ0v) is 16.8. The third kappa shape index (κ3) is 5.49.